The van der Waals surface area contributed by atoms with Gasteiger partial charge < -0.3 is 26.0 Å². The maximum Gasteiger partial charge on any atom is 0.335 e. The summed E-state index contributed by atoms with van der Waals surface area (Å²) >= 11 is 0. The van der Waals surface area contributed by atoms with Gasteiger partial charge in [-0.15, -0.1) is 0 Å². The second-order valence-corrected chi connectivity index (χ2v) is 4.59. The number of ether oxygens (including phenoxy) is 1. The molecular weight excluding hydrogens is 264 g/mol. The molecule has 7 heteroatoms. The van der Waals surface area contributed by atoms with E-state index in [2.05, 4.69) is 5.32 Å². The first-order valence-electron chi connectivity index (χ1n) is 6.24. The Morgan fingerprint density at radius 3 is 2.75 bits per heavy atom. The standard InChI is InChI=1S/C13H16N2O5/c14-6-8-2-4-11(20-8)12(17)15-9-5-7(13(18)19)1-3-10(9)16/h1,3,5,8,11,16H,2,4,6,14H2,(H,15,17)(H,18,19). The molecule has 0 bridgehead atoms. The van der Waals surface area contributed by atoms with Crippen LogP contribution >= 0.6 is 0 Å². The smallest absolute Gasteiger partial charge is 0.335 e. The number of benzene rings is 1. The monoisotopic (exact) mass is 280 g/mol. The van der Waals surface area contributed by atoms with E-state index in [4.69, 9.17) is 15.6 Å². The molecule has 20 heavy (non-hydrogen) atoms. The first kappa shape index (κ1) is 14.3. The van der Waals surface area contributed by atoms with E-state index in [0.29, 0.717) is 19.4 Å². The van der Waals surface area contributed by atoms with Gasteiger partial charge in [0.25, 0.3) is 5.91 Å². The van der Waals surface area contributed by atoms with Crippen LogP contribution in [0.25, 0.3) is 0 Å². The Morgan fingerprint density at radius 2 is 2.15 bits per heavy atom. The SMILES string of the molecule is NCC1CCC(C(=O)Nc2cc(C(=O)O)ccc2O)O1. The largest absolute Gasteiger partial charge is 0.506 e. The molecular formula is C13H16N2O5. The molecule has 1 aliphatic rings. The van der Waals surface area contributed by atoms with E-state index in [-0.39, 0.29) is 23.1 Å². The number of aromatic hydroxyl groups is 1. The number of amides is 1. The fourth-order valence-electron chi connectivity index (χ4n) is 2.05. The molecule has 1 amide bonds. The Labute approximate surface area is 115 Å². The Kier molecular flexibility index (Phi) is 4.21. The minimum atomic E-state index is -1.14. The second kappa shape index (κ2) is 5.89. The van der Waals surface area contributed by atoms with Gasteiger partial charge in [-0.25, -0.2) is 4.79 Å². The summed E-state index contributed by atoms with van der Waals surface area (Å²) in [4.78, 5) is 22.8. The van der Waals surface area contributed by atoms with E-state index in [1.807, 2.05) is 0 Å². The van der Waals surface area contributed by atoms with Crippen LogP contribution in [0.15, 0.2) is 18.2 Å². The highest BCUT2D eigenvalue weighted by molar-refractivity contribution is 5.97. The average molecular weight is 280 g/mol. The Bertz CT molecular complexity index is 531. The molecule has 1 heterocycles. The number of anilines is 1. The molecule has 0 saturated carbocycles. The zero-order chi connectivity index (χ0) is 14.7. The highest BCUT2D eigenvalue weighted by atomic mass is 16.5. The van der Waals surface area contributed by atoms with E-state index in [0.717, 1.165) is 0 Å². The molecule has 0 aliphatic carbocycles. The maximum absolute atomic E-state index is 12.0. The average Bonchev–Trinajstić information content (AvgIpc) is 2.89. The molecule has 5 N–H and O–H groups in total. The number of carboxylic acids is 1. The summed E-state index contributed by atoms with van der Waals surface area (Å²) in [5.41, 5.74) is 5.49. The third-order valence-corrected chi connectivity index (χ3v) is 3.16. The van der Waals surface area contributed by atoms with Gasteiger partial charge in [0.1, 0.15) is 11.9 Å². The van der Waals surface area contributed by atoms with Crippen molar-refractivity contribution in [3.63, 3.8) is 0 Å². The number of nitrogens with two attached hydrogens (primary N) is 1. The first-order valence-corrected chi connectivity index (χ1v) is 6.24. The van der Waals surface area contributed by atoms with Gasteiger partial charge >= 0.3 is 5.97 Å². The third kappa shape index (κ3) is 3.06. The van der Waals surface area contributed by atoms with Crippen molar-refractivity contribution in [1.82, 2.24) is 0 Å². The number of phenolic OH excluding ortho intramolecular Hbond substituents is 1. The quantitative estimate of drug-likeness (QED) is 0.597. The van der Waals surface area contributed by atoms with Crippen LogP contribution in [0.5, 0.6) is 5.75 Å². The van der Waals surface area contributed by atoms with Crippen molar-refractivity contribution >= 4 is 17.6 Å². The molecule has 0 radical (unpaired) electrons. The summed E-state index contributed by atoms with van der Waals surface area (Å²) in [7, 11) is 0. The fraction of sp³-hybridized carbons (Fsp3) is 0.385. The molecule has 1 aliphatic heterocycles. The summed E-state index contributed by atoms with van der Waals surface area (Å²) in [5, 5.41) is 21.0. The van der Waals surface area contributed by atoms with Gasteiger partial charge in [-0.1, -0.05) is 0 Å². The van der Waals surface area contributed by atoms with Gasteiger partial charge in [0, 0.05) is 6.54 Å². The number of carboxylic acid groups (broad SMARTS) is 1. The Hall–Kier alpha value is -2.12. The van der Waals surface area contributed by atoms with E-state index >= 15 is 0 Å². The van der Waals surface area contributed by atoms with E-state index in [1.165, 1.54) is 18.2 Å². The Morgan fingerprint density at radius 1 is 1.40 bits per heavy atom. The molecule has 2 atom stereocenters. The zero-order valence-electron chi connectivity index (χ0n) is 10.7. The van der Waals surface area contributed by atoms with Crippen molar-refractivity contribution < 1.29 is 24.5 Å². The summed E-state index contributed by atoms with van der Waals surface area (Å²) in [6, 6.07) is 3.67. The lowest BCUT2D eigenvalue weighted by molar-refractivity contribution is -0.126. The number of hydrogen-bond acceptors (Lipinski definition) is 5. The molecule has 1 aromatic carbocycles. The highest BCUT2D eigenvalue weighted by Gasteiger charge is 2.30. The number of phenols is 1. The highest BCUT2D eigenvalue weighted by Crippen LogP contribution is 2.26. The van der Waals surface area contributed by atoms with Crippen LogP contribution in [0.4, 0.5) is 5.69 Å². The fourth-order valence-corrected chi connectivity index (χ4v) is 2.05. The molecule has 1 fully saturated rings. The summed E-state index contributed by atoms with van der Waals surface area (Å²) in [6.07, 6.45) is 0.490. The zero-order valence-corrected chi connectivity index (χ0v) is 10.7. The van der Waals surface area contributed by atoms with Crippen molar-refractivity contribution in [3.8, 4) is 5.75 Å². The topological polar surface area (TPSA) is 122 Å². The second-order valence-electron chi connectivity index (χ2n) is 4.59. The number of aromatic carboxylic acids is 1. The van der Waals surface area contributed by atoms with Crippen molar-refractivity contribution in [3.05, 3.63) is 23.8 Å². The lowest BCUT2D eigenvalue weighted by atomic mass is 10.1. The molecule has 7 nitrogen and oxygen atoms in total. The van der Waals surface area contributed by atoms with Gasteiger partial charge in [-0.2, -0.15) is 0 Å². The van der Waals surface area contributed by atoms with Crippen LogP contribution in [0.3, 0.4) is 0 Å². The van der Waals surface area contributed by atoms with Gasteiger partial charge in [-0.3, -0.25) is 4.79 Å². The van der Waals surface area contributed by atoms with Crippen LogP contribution in [-0.4, -0.2) is 40.8 Å². The van der Waals surface area contributed by atoms with Crippen molar-refractivity contribution in [2.45, 2.75) is 25.0 Å². The number of nitrogens with one attached hydrogen (secondary N) is 1. The maximum atomic E-state index is 12.0. The van der Waals surface area contributed by atoms with Crippen molar-refractivity contribution in [1.29, 1.82) is 0 Å². The number of carbonyl (C=O) groups is 2. The minimum absolute atomic E-state index is 0.0229. The third-order valence-electron chi connectivity index (χ3n) is 3.16. The van der Waals surface area contributed by atoms with Gasteiger partial charge in [-0.05, 0) is 31.0 Å². The van der Waals surface area contributed by atoms with Crippen molar-refractivity contribution in [2.75, 3.05) is 11.9 Å². The number of carbonyl (C=O) groups excluding carboxylic acids is 1. The normalized spacial score (nSPS) is 21.6. The molecule has 0 aromatic heterocycles. The molecule has 1 aromatic rings. The van der Waals surface area contributed by atoms with Crippen LogP contribution in [-0.2, 0) is 9.53 Å². The van der Waals surface area contributed by atoms with Gasteiger partial charge in [0.2, 0.25) is 0 Å². The number of rotatable bonds is 4. The molecule has 108 valence electrons. The predicted octanol–water partition coefficient (Wildman–Crippen LogP) is 0.535. The predicted molar refractivity (Wildman–Crippen MR) is 70.6 cm³/mol. The number of hydrogen-bond donors (Lipinski definition) is 4. The van der Waals surface area contributed by atoms with E-state index in [1.54, 1.807) is 0 Å². The molecule has 2 unspecified atom stereocenters. The molecule has 0 spiro atoms. The van der Waals surface area contributed by atoms with Gasteiger partial charge in [0.05, 0.1) is 17.4 Å². The van der Waals surface area contributed by atoms with Gasteiger partial charge in [0.15, 0.2) is 0 Å². The molecule has 1 saturated heterocycles. The summed E-state index contributed by atoms with van der Waals surface area (Å²) < 4.78 is 5.43. The van der Waals surface area contributed by atoms with E-state index in [9.17, 15) is 14.7 Å². The van der Waals surface area contributed by atoms with Crippen LogP contribution in [0, 0.1) is 0 Å². The van der Waals surface area contributed by atoms with Crippen LogP contribution in [0.2, 0.25) is 0 Å². The van der Waals surface area contributed by atoms with E-state index < -0.39 is 18.0 Å². The molecule has 2 rings (SSSR count). The minimum Gasteiger partial charge on any atom is -0.506 e. The van der Waals surface area contributed by atoms with Crippen LogP contribution in [0.1, 0.15) is 23.2 Å². The van der Waals surface area contributed by atoms with Crippen molar-refractivity contribution in [2.24, 2.45) is 5.73 Å². The summed E-state index contributed by atoms with van der Waals surface area (Å²) in [5.74, 6) is -1.75. The Balaban J connectivity index is 2.08. The lowest BCUT2D eigenvalue weighted by Gasteiger charge is -2.13. The first-order chi connectivity index (χ1) is 9.51. The summed E-state index contributed by atoms with van der Waals surface area (Å²) in [6.45, 7) is 0.351. The lowest BCUT2D eigenvalue weighted by Crippen LogP contribution is -2.29. The van der Waals surface area contributed by atoms with Crippen LogP contribution < -0.4 is 11.1 Å².